The van der Waals surface area contributed by atoms with Crippen LogP contribution in [-0.2, 0) is 20.9 Å². The van der Waals surface area contributed by atoms with Crippen molar-refractivity contribution >= 4 is 18.0 Å². The first-order valence-corrected chi connectivity index (χ1v) is 7.49. The van der Waals surface area contributed by atoms with E-state index < -0.39 is 18.4 Å². The van der Waals surface area contributed by atoms with E-state index in [1.54, 1.807) is 6.20 Å². The van der Waals surface area contributed by atoms with Crippen LogP contribution < -0.4 is 34.7 Å². The third-order valence-corrected chi connectivity index (χ3v) is 3.38. The first-order chi connectivity index (χ1) is 12.0. The summed E-state index contributed by atoms with van der Waals surface area (Å²) in [6.07, 6.45) is 2.73. The van der Waals surface area contributed by atoms with E-state index in [4.69, 9.17) is 10.2 Å². The number of benzene rings is 1. The number of aromatic nitrogens is 2. The Morgan fingerprint density at radius 2 is 1.88 bits per heavy atom. The molecule has 1 heterocycles. The van der Waals surface area contributed by atoms with E-state index >= 15 is 0 Å². The van der Waals surface area contributed by atoms with Crippen molar-refractivity contribution in [2.24, 2.45) is 0 Å². The molecule has 134 valence electrons. The Labute approximate surface area is 174 Å². The number of hydrogen-bond donors (Lipinski definition) is 1. The number of nitrogens with zero attached hydrogens (tertiary/aromatic N) is 2. The third kappa shape index (κ3) is 7.13. The fraction of sp³-hybridized carbons (Fsp3) is 0.278. The number of carboxylic acid groups (broad SMARTS) is 1. The second kappa shape index (κ2) is 12.4. The number of ether oxygens (including phenoxy) is 1. The van der Waals surface area contributed by atoms with Crippen molar-refractivity contribution in [3.8, 4) is 0 Å². The van der Waals surface area contributed by atoms with Crippen LogP contribution in [-0.4, -0.2) is 40.8 Å². The molecule has 26 heavy (non-hydrogen) atoms. The van der Waals surface area contributed by atoms with Gasteiger partial charge in [0.1, 0.15) is 5.82 Å². The standard InChI is InChI=1S/C17H18N2O4.CH3O.Na/c1-12-18-10-15(8-14(9-16(20)21)17(22)23-2)19(12)11-13-6-4-3-5-7-13;1-2;/h3-8,10H,9,11H2,1-2H3,(H,20,21);1H3;/q;-1;+1/b14-8+;;. The topological polar surface area (TPSA) is 104 Å². The molecular formula is C18H21N2NaO5. The Hall–Kier alpha value is -1.93. The molecule has 0 fully saturated rings. The summed E-state index contributed by atoms with van der Waals surface area (Å²) in [5, 5.41) is 17.2. The molecule has 0 aliphatic carbocycles. The van der Waals surface area contributed by atoms with E-state index in [-0.39, 0.29) is 35.1 Å². The maximum Gasteiger partial charge on any atom is 1.00 e. The zero-order valence-corrected chi connectivity index (χ0v) is 17.4. The van der Waals surface area contributed by atoms with Crippen molar-refractivity contribution in [3.63, 3.8) is 0 Å². The van der Waals surface area contributed by atoms with Gasteiger partial charge in [0.15, 0.2) is 0 Å². The molecule has 0 spiro atoms. The van der Waals surface area contributed by atoms with Gasteiger partial charge in [0.05, 0.1) is 31.0 Å². The zero-order chi connectivity index (χ0) is 18.8. The number of aryl methyl sites for hydroxylation is 1. The number of rotatable bonds is 6. The number of carboxylic acids is 1. The molecule has 1 N–H and O–H groups in total. The number of esters is 1. The monoisotopic (exact) mass is 368 g/mol. The van der Waals surface area contributed by atoms with E-state index in [0.717, 1.165) is 18.5 Å². The summed E-state index contributed by atoms with van der Waals surface area (Å²) in [5.74, 6) is -0.968. The molecule has 0 aliphatic heterocycles. The fourth-order valence-electron chi connectivity index (χ4n) is 2.23. The molecule has 1 aromatic carbocycles. The van der Waals surface area contributed by atoms with E-state index in [1.807, 2.05) is 41.8 Å². The summed E-state index contributed by atoms with van der Waals surface area (Å²) in [6.45, 7) is 2.44. The van der Waals surface area contributed by atoms with E-state index in [0.29, 0.717) is 12.2 Å². The normalized spacial score (nSPS) is 10.2. The van der Waals surface area contributed by atoms with Crippen LogP contribution in [0, 0.1) is 6.92 Å². The Balaban J connectivity index is 0.00000201. The van der Waals surface area contributed by atoms with Gasteiger partial charge in [-0.3, -0.25) is 4.79 Å². The van der Waals surface area contributed by atoms with Gasteiger partial charge in [0.2, 0.25) is 0 Å². The van der Waals surface area contributed by atoms with Gasteiger partial charge in [0, 0.05) is 6.54 Å². The molecule has 0 unspecified atom stereocenters. The Kier molecular flexibility index (Phi) is 11.5. The maximum atomic E-state index is 11.7. The average Bonchev–Trinajstić information content (AvgIpc) is 2.96. The molecule has 8 heteroatoms. The predicted octanol–water partition coefficient (Wildman–Crippen LogP) is -1.75. The second-order valence-corrected chi connectivity index (χ2v) is 5.03. The van der Waals surface area contributed by atoms with Crippen molar-refractivity contribution in [3.05, 3.63) is 59.2 Å². The molecule has 1 aromatic heterocycles. The summed E-state index contributed by atoms with van der Waals surface area (Å²) >= 11 is 0. The third-order valence-electron chi connectivity index (χ3n) is 3.38. The molecule has 0 atom stereocenters. The van der Waals surface area contributed by atoms with Gasteiger partial charge in [-0.25, -0.2) is 9.78 Å². The molecular weight excluding hydrogens is 347 g/mol. The molecule has 0 aliphatic rings. The summed E-state index contributed by atoms with van der Waals surface area (Å²) in [4.78, 5) is 26.9. The predicted molar refractivity (Wildman–Crippen MR) is 90.7 cm³/mol. The number of methoxy groups -OCH3 is 1. The minimum atomic E-state index is -1.09. The maximum absolute atomic E-state index is 11.7. The Morgan fingerprint density at radius 1 is 1.27 bits per heavy atom. The Morgan fingerprint density at radius 3 is 2.42 bits per heavy atom. The van der Waals surface area contributed by atoms with Crippen LogP contribution in [0.25, 0.3) is 6.08 Å². The first-order valence-electron chi connectivity index (χ1n) is 7.49. The molecule has 0 amide bonds. The van der Waals surface area contributed by atoms with Gasteiger partial charge in [-0.15, -0.1) is 0 Å². The summed E-state index contributed by atoms with van der Waals surface area (Å²) in [5.41, 5.74) is 1.82. The van der Waals surface area contributed by atoms with Crippen LogP contribution in [0.4, 0.5) is 0 Å². The summed E-state index contributed by atoms with van der Waals surface area (Å²) in [6, 6.07) is 9.81. The fourth-order valence-corrected chi connectivity index (χ4v) is 2.23. The van der Waals surface area contributed by atoms with Crippen LogP contribution >= 0.6 is 0 Å². The van der Waals surface area contributed by atoms with Crippen molar-refractivity contribution < 1.29 is 54.1 Å². The molecule has 0 radical (unpaired) electrons. The molecule has 7 nitrogen and oxygen atoms in total. The van der Waals surface area contributed by atoms with E-state index in [2.05, 4.69) is 9.72 Å². The van der Waals surface area contributed by atoms with Gasteiger partial charge < -0.3 is 19.5 Å². The van der Waals surface area contributed by atoms with Crippen molar-refractivity contribution in [1.82, 2.24) is 9.55 Å². The SMILES string of the molecule is COC(=O)/C(=C/c1cnc(C)n1Cc1ccccc1)CC(=O)O.C[O-].[Na+]. The molecule has 2 aromatic rings. The number of hydrogen-bond acceptors (Lipinski definition) is 5. The van der Waals surface area contributed by atoms with Gasteiger partial charge >= 0.3 is 41.5 Å². The minimum absolute atomic E-state index is 0. The largest absolute Gasteiger partial charge is 1.00 e. The second-order valence-electron chi connectivity index (χ2n) is 5.03. The van der Waals surface area contributed by atoms with Gasteiger partial charge in [-0.2, -0.15) is 7.11 Å². The molecule has 2 rings (SSSR count). The van der Waals surface area contributed by atoms with Gasteiger partial charge in [-0.1, -0.05) is 30.3 Å². The smallest absolute Gasteiger partial charge is 0.857 e. The summed E-state index contributed by atoms with van der Waals surface area (Å²) in [7, 11) is 1.98. The van der Waals surface area contributed by atoms with Crippen LogP contribution in [0.1, 0.15) is 23.5 Å². The van der Waals surface area contributed by atoms with E-state index in [9.17, 15) is 9.59 Å². The van der Waals surface area contributed by atoms with Crippen molar-refractivity contribution in [2.45, 2.75) is 19.9 Å². The van der Waals surface area contributed by atoms with Crippen LogP contribution in [0.3, 0.4) is 0 Å². The number of imidazole rings is 1. The Bertz CT molecular complexity index is 741. The number of carbonyl (C=O) groups excluding carboxylic acids is 1. The summed E-state index contributed by atoms with van der Waals surface area (Å²) < 4.78 is 6.57. The number of aliphatic carboxylic acids is 1. The number of carbonyl (C=O) groups is 2. The van der Waals surface area contributed by atoms with E-state index in [1.165, 1.54) is 13.2 Å². The van der Waals surface area contributed by atoms with Crippen molar-refractivity contribution in [2.75, 3.05) is 14.2 Å². The quantitative estimate of drug-likeness (QED) is 0.368. The van der Waals surface area contributed by atoms with Gasteiger partial charge in [-0.05, 0) is 18.6 Å². The minimum Gasteiger partial charge on any atom is -0.857 e. The molecule has 0 bridgehead atoms. The first kappa shape index (κ1) is 24.1. The van der Waals surface area contributed by atoms with Crippen LogP contribution in [0.2, 0.25) is 0 Å². The van der Waals surface area contributed by atoms with Crippen LogP contribution in [0.5, 0.6) is 0 Å². The molecule has 0 saturated carbocycles. The van der Waals surface area contributed by atoms with Gasteiger partial charge in [0.25, 0.3) is 0 Å². The van der Waals surface area contributed by atoms with Crippen molar-refractivity contribution in [1.29, 1.82) is 0 Å². The average molecular weight is 368 g/mol. The molecule has 0 saturated heterocycles. The zero-order valence-electron chi connectivity index (χ0n) is 15.4. The van der Waals surface area contributed by atoms with Crippen LogP contribution in [0.15, 0.2) is 42.1 Å².